The maximum absolute atomic E-state index is 7.54. The van der Waals surface area contributed by atoms with Crippen molar-refractivity contribution in [3.8, 4) is 0 Å². The Hall–Kier alpha value is -1.74. The average Bonchev–Trinajstić information content (AvgIpc) is 3.59. The Balaban J connectivity index is 1.25. The van der Waals surface area contributed by atoms with E-state index in [2.05, 4.69) is 65.8 Å². The van der Waals surface area contributed by atoms with Gasteiger partial charge in [0, 0.05) is 6.42 Å². The van der Waals surface area contributed by atoms with Crippen molar-refractivity contribution in [3.63, 3.8) is 0 Å². The van der Waals surface area contributed by atoms with E-state index in [-0.39, 0.29) is 24.9 Å². The summed E-state index contributed by atoms with van der Waals surface area (Å²) in [5.41, 5.74) is 3.35. The lowest BCUT2D eigenvalue weighted by Crippen LogP contribution is -2.60. The number of fused-ring (bicyclic) bond motifs is 3. The van der Waals surface area contributed by atoms with Gasteiger partial charge in [0.05, 0.1) is 32.5 Å². The van der Waals surface area contributed by atoms with Crippen molar-refractivity contribution in [1.29, 1.82) is 0 Å². The first kappa shape index (κ1) is 39.9. The van der Waals surface area contributed by atoms with Crippen LogP contribution in [0.15, 0.2) is 60.7 Å². The molecule has 0 amide bonds. The summed E-state index contributed by atoms with van der Waals surface area (Å²) >= 11 is 0. The first-order valence-corrected chi connectivity index (χ1v) is 21.4. The molecular formula is C41H62O10Si. The lowest BCUT2D eigenvalue weighted by atomic mass is 9.99. The second-order valence-electron chi connectivity index (χ2n) is 16.6. The molecule has 0 N–H and O–H groups in total. The molecule has 0 spiro atoms. The van der Waals surface area contributed by atoms with Crippen LogP contribution < -0.4 is 0 Å². The molecule has 52 heavy (non-hydrogen) atoms. The summed E-state index contributed by atoms with van der Waals surface area (Å²) in [4.78, 5) is 0. The minimum Gasteiger partial charge on any atom is -0.410 e. The molecule has 2 aromatic rings. The van der Waals surface area contributed by atoms with E-state index in [1.165, 1.54) is 0 Å². The molecule has 4 aliphatic heterocycles. The third-order valence-corrected chi connectivity index (χ3v) is 17.0. The number of rotatable bonds is 15. The van der Waals surface area contributed by atoms with Gasteiger partial charge in [-0.3, -0.25) is 0 Å². The fourth-order valence-electron chi connectivity index (χ4n) is 8.80. The van der Waals surface area contributed by atoms with E-state index in [0.29, 0.717) is 42.9 Å². The predicted octanol–water partition coefficient (Wildman–Crippen LogP) is 7.88. The zero-order chi connectivity index (χ0) is 37.3. The van der Waals surface area contributed by atoms with Gasteiger partial charge in [0.2, 0.25) is 8.32 Å². The monoisotopic (exact) mass is 742 g/mol. The minimum absolute atomic E-state index is 0.208. The molecule has 290 valence electrons. The van der Waals surface area contributed by atoms with Crippen molar-refractivity contribution in [2.24, 2.45) is 0 Å². The summed E-state index contributed by atoms with van der Waals surface area (Å²) in [6, 6.07) is 20.4. The summed E-state index contributed by atoms with van der Waals surface area (Å²) in [5.74, 6) is -1.60. The van der Waals surface area contributed by atoms with Crippen LogP contribution in [0.5, 0.6) is 0 Å². The van der Waals surface area contributed by atoms with E-state index in [0.717, 1.165) is 11.1 Å². The summed E-state index contributed by atoms with van der Waals surface area (Å²) < 4.78 is 65.8. The highest BCUT2D eigenvalue weighted by molar-refractivity contribution is 6.77. The van der Waals surface area contributed by atoms with Crippen LogP contribution in [0.4, 0.5) is 0 Å². The topological polar surface area (TPSA) is 92.3 Å². The fraction of sp³-hybridized carbons (Fsp3) is 0.707. The van der Waals surface area contributed by atoms with Crippen LogP contribution in [0.1, 0.15) is 86.8 Å². The lowest BCUT2D eigenvalue weighted by Gasteiger charge is -2.49. The van der Waals surface area contributed by atoms with Gasteiger partial charge in [-0.1, -0.05) is 102 Å². The van der Waals surface area contributed by atoms with Crippen molar-refractivity contribution in [1.82, 2.24) is 0 Å². The normalized spacial score (nSPS) is 32.8. The van der Waals surface area contributed by atoms with E-state index in [4.69, 9.17) is 47.1 Å². The van der Waals surface area contributed by atoms with Gasteiger partial charge in [0.1, 0.15) is 36.6 Å². The van der Waals surface area contributed by atoms with Gasteiger partial charge in [-0.25, -0.2) is 0 Å². The summed E-state index contributed by atoms with van der Waals surface area (Å²) in [6.07, 6.45) is -3.46. The van der Waals surface area contributed by atoms with Crippen molar-refractivity contribution in [2.75, 3.05) is 13.2 Å². The quantitative estimate of drug-likeness (QED) is 0.168. The largest absolute Gasteiger partial charge is 0.410 e. The summed E-state index contributed by atoms with van der Waals surface area (Å²) in [6.45, 7) is 22.9. The van der Waals surface area contributed by atoms with Crippen LogP contribution in [0, 0.1) is 0 Å². The van der Waals surface area contributed by atoms with Crippen LogP contribution >= 0.6 is 0 Å². The molecule has 0 aromatic heterocycles. The Kier molecular flexibility index (Phi) is 12.7. The smallest absolute Gasteiger partial charge is 0.200 e. The first-order valence-electron chi connectivity index (χ1n) is 19.3. The minimum atomic E-state index is -2.35. The molecule has 0 saturated carbocycles. The predicted molar refractivity (Wildman–Crippen MR) is 199 cm³/mol. The van der Waals surface area contributed by atoms with Crippen LogP contribution in [0.3, 0.4) is 0 Å². The van der Waals surface area contributed by atoms with Crippen LogP contribution in [-0.2, 0) is 60.3 Å². The third-order valence-electron chi connectivity index (χ3n) is 10.9. The molecule has 0 radical (unpaired) electrons. The summed E-state index contributed by atoms with van der Waals surface area (Å²) in [7, 11) is -2.35. The van der Waals surface area contributed by atoms with Crippen LogP contribution in [0.25, 0.3) is 0 Å². The fourth-order valence-corrected chi connectivity index (χ4v) is 14.4. The molecule has 6 rings (SSSR count). The molecule has 4 fully saturated rings. The van der Waals surface area contributed by atoms with Gasteiger partial charge >= 0.3 is 0 Å². The van der Waals surface area contributed by atoms with Gasteiger partial charge < -0.3 is 47.1 Å². The van der Waals surface area contributed by atoms with Crippen LogP contribution in [0.2, 0.25) is 16.6 Å². The second kappa shape index (κ2) is 16.5. The third kappa shape index (κ3) is 9.03. The molecule has 4 saturated heterocycles. The highest BCUT2D eigenvalue weighted by atomic mass is 28.4. The number of benzene rings is 2. The maximum atomic E-state index is 7.54. The van der Waals surface area contributed by atoms with Crippen molar-refractivity contribution < 1.29 is 47.1 Å². The molecule has 10 nitrogen and oxygen atoms in total. The van der Waals surface area contributed by atoms with Crippen molar-refractivity contribution in [2.45, 2.75) is 172 Å². The molecule has 4 aliphatic rings. The molecule has 4 heterocycles. The zero-order valence-corrected chi connectivity index (χ0v) is 33.8. The Labute approximate surface area is 312 Å². The van der Waals surface area contributed by atoms with E-state index in [1.807, 2.05) is 64.1 Å². The van der Waals surface area contributed by atoms with Crippen LogP contribution in [-0.4, -0.2) is 88.4 Å². The SMILES string of the molecule is CC(C)[Si](O[C@@H]1C[C@@H](OC[C@H]2O[C@@H]3OC(C)(C)O[C@@H]3[C@H]3OC(C)(C)O[C@H]32)O[C@H](COCc2ccccc2)[C@@H]1OCc1ccccc1)(C(C)C)C(C)C. The summed E-state index contributed by atoms with van der Waals surface area (Å²) in [5, 5.41) is 0. The first-order chi connectivity index (χ1) is 24.7. The molecule has 2 aromatic carbocycles. The van der Waals surface area contributed by atoms with Gasteiger partial charge in [-0.2, -0.15) is 0 Å². The Morgan fingerprint density at radius 1 is 0.635 bits per heavy atom. The number of ether oxygens (including phenoxy) is 9. The van der Waals surface area contributed by atoms with Gasteiger partial charge in [0.15, 0.2) is 24.2 Å². The molecule has 0 unspecified atom stereocenters. The van der Waals surface area contributed by atoms with E-state index in [9.17, 15) is 0 Å². The van der Waals surface area contributed by atoms with E-state index < -0.39 is 56.9 Å². The van der Waals surface area contributed by atoms with Gasteiger partial charge in [-0.05, 0) is 55.4 Å². The van der Waals surface area contributed by atoms with Gasteiger partial charge in [0.25, 0.3) is 0 Å². The van der Waals surface area contributed by atoms with Gasteiger partial charge in [-0.15, -0.1) is 0 Å². The zero-order valence-electron chi connectivity index (χ0n) is 32.8. The van der Waals surface area contributed by atoms with Crippen molar-refractivity contribution in [3.05, 3.63) is 71.8 Å². The van der Waals surface area contributed by atoms with E-state index in [1.54, 1.807) is 0 Å². The Bertz CT molecular complexity index is 1380. The lowest BCUT2D eigenvalue weighted by molar-refractivity contribution is -0.290. The van der Waals surface area contributed by atoms with Crippen molar-refractivity contribution >= 4 is 8.32 Å². The molecule has 11 heteroatoms. The molecule has 0 bridgehead atoms. The number of hydrogen-bond acceptors (Lipinski definition) is 10. The average molecular weight is 743 g/mol. The highest BCUT2D eigenvalue weighted by Gasteiger charge is 2.61. The maximum Gasteiger partial charge on any atom is 0.200 e. The van der Waals surface area contributed by atoms with E-state index >= 15 is 0 Å². The Morgan fingerprint density at radius 3 is 1.81 bits per heavy atom. The standard InChI is InChI=1S/C41H62O10Si/c1-26(2)52(27(3)4,28(5)6)51-31-21-34(43-25-33-36-37(48-40(7,8)47-36)38-39(46-33)50-41(9,10)49-38)45-32(24-42-22-29-17-13-11-14-18-29)35(31)44-23-30-19-15-12-16-20-30/h11-20,26-28,31-39H,21-25H2,1-10H3/t31-,32-,33-,34+,35-,36+,37+,38-,39-/m1/s1. The molecule has 0 aliphatic carbocycles. The second-order valence-corrected chi connectivity index (χ2v) is 22.0. The molecule has 9 atom stereocenters. The highest BCUT2D eigenvalue weighted by Crippen LogP contribution is 2.46. The number of hydrogen-bond donors (Lipinski definition) is 0. The Morgan fingerprint density at radius 2 is 1.19 bits per heavy atom. The molecular weight excluding hydrogens is 681 g/mol.